The molecular formula is C13H16N2O4. The molecule has 0 bridgehead atoms. The molecule has 1 fully saturated rings. The molecule has 0 aliphatic carbocycles. The molecule has 1 amide bonds. The van der Waals surface area contributed by atoms with Crippen molar-refractivity contribution in [2.45, 2.75) is 12.8 Å². The van der Waals surface area contributed by atoms with Crippen molar-refractivity contribution in [2.24, 2.45) is 5.92 Å². The van der Waals surface area contributed by atoms with E-state index in [9.17, 15) is 14.7 Å². The SMILES string of the molecule is O=C(O)c1cc(O)ccc1NC(=O)C1CCCNC1. The highest BCUT2D eigenvalue weighted by Crippen LogP contribution is 2.22. The van der Waals surface area contributed by atoms with Gasteiger partial charge in [0.05, 0.1) is 17.2 Å². The van der Waals surface area contributed by atoms with Crippen LogP contribution in [0.4, 0.5) is 5.69 Å². The number of hydrogen-bond acceptors (Lipinski definition) is 4. The lowest BCUT2D eigenvalue weighted by Crippen LogP contribution is -2.37. The van der Waals surface area contributed by atoms with Gasteiger partial charge in [-0.05, 0) is 37.6 Å². The molecule has 0 radical (unpaired) electrons. The molecule has 0 spiro atoms. The van der Waals surface area contributed by atoms with E-state index in [0.29, 0.717) is 6.54 Å². The van der Waals surface area contributed by atoms with Gasteiger partial charge >= 0.3 is 5.97 Å². The summed E-state index contributed by atoms with van der Waals surface area (Å²) in [4.78, 5) is 23.1. The van der Waals surface area contributed by atoms with Crippen molar-refractivity contribution in [3.63, 3.8) is 0 Å². The highest BCUT2D eigenvalue weighted by Gasteiger charge is 2.22. The molecule has 19 heavy (non-hydrogen) atoms. The Balaban J connectivity index is 2.13. The van der Waals surface area contributed by atoms with E-state index in [1.165, 1.54) is 12.1 Å². The van der Waals surface area contributed by atoms with Crippen LogP contribution < -0.4 is 10.6 Å². The number of phenols is 1. The number of nitrogens with one attached hydrogen (secondary N) is 2. The molecule has 2 rings (SSSR count). The number of carboxylic acids is 1. The lowest BCUT2D eigenvalue weighted by molar-refractivity contribution is -0.120. The average molecular weight is 264 g/mol. The molecule has 4 N–H and O–H groups in total. The topological polar surface area (TPSA) is 98.7 Å². The van der Waals surface area contributed by atoms with Crippen molar-refractivity contribution in [3.8, 4) is 5.75 Å². The third kappa shape index (κ3) is 3.23. The average Bonchev–Trinajstić information content (AvgIpc) is 2.41. The summed E-state index contributed by atoms with van der Waals surface area (Å²) in [7, 11) is 0. The molecule has 1 atom stereocenters. The van der Waals surface area contributed by atoms with Crippen molar-refractivity contribution < 1.29 is 19.8 Å². The first kappa shape index (κ1) is 13.4. The van der Waals surface area contributed by atoms with Crippen LogP contribution in [0.5, 0.6) is 5.75 Å². The third-order valence-electron chi connectivity index (χ3n) is 3.16. The summed E-state index contributed by atoms with van der Waals surface area (Å²) in [6.07, 6.45) is 1.72. The summed E-state index contributed by atoms with van der Waals surface area (Å²) in [6.45, 7) is 1.51. The maximum Gasteiger partial charge on any atom is 0.337 e. The Kier molecular flexibility index (Phi) is 4.01. The quantitative estimate of drug-likeness (QED) is 0.611. The molecule has 0 aromatic heterocycles. The Labute approximate surface area is 110 Å². The van der Waals surface area contributed by atoms with Crippen molar-refractivity contribution in [2.75, 3.05) is 18.4 Å². The molecule has 1 heterocycles. The molecular weight excluding hydrogens is 248 g/mol. The Morgan fingerprint density at radius 2 is 2.16 bits per heavy atom. The molecule has 6 heteroatoms. The molecule has 102 valence electrons. The fraction of sp³-hybridized carbons (Fsp3) is 0.385. The number of anilines is 1. The van der Waals surface area contributed by atoms with Gasteiger partial charge in [0.1, 0.15) is 5.75 Å². The van der Waals surface area contributed by atoms with E-state index in [1.54, 1.807) is 0 Å². The first-order valence-corrected chi connectivity index (χ1v) is 6.16. The van der Waals surface area contributed by atoms with E-state index in [1.807, 2.05) is 0 Å². The normalized spacial score (nSPS) is 18.8. The highest BCUT2D eigenvalue weighted by atomic mass is 16.4. The first-order valence-electron chi connectivity index (χ1n) is 6.16. The zero-order valence-corrected chi connectivity index (χ0v) is 10.3. The minimum absolute atomic E-state index is 0.114. The van der Waals surface area contributed by atoms with Crippen molar-refractivity contribution in [1.82, 2.24) is 5.32 Å². The number of carbonyl (C=O) groups is 2. The Hall–Kier alpha value is -2.08. The standard InChI is InChI=1S/C13H16N2O4/c16-9-3-4-11(10(6-9)13(18)19)15-12(17)8-2-1-5-14-7-8/h3-4,6,8,14,16H,1-2,5,7H2,(H,15,17)(H,18,19). The third-order valence-corrected chi connectivity index (χ3v) is 3.16. The van der Waals surface area contributed by atoms with Crippen LogP contribution in [-0.2, 0) is 4.79 Å². The minimum Gasteiger partial charge on any atom is -0.508 e. The van der Waals surface area contributed by atoms with E-state index < -0.39 is 5.97 Å². The van der Waals surface area contributed by atoms with Crippen molar-refractivity contribution in [3.05, 3.63) is 23.8 Å². The van der Waals surface area contributed by atoms with Gasteiger partial charge in [-0.15, -0.1) is 0 Å². The van der Waals surface area contributed by atoms with E-state index in [-0.39, 0.29) is 28.8 Å². The number of amides is 1. The number of benzene rings is 1. The molecule has 0 saturated carbocycles. The molecule has 1 aliphatic heterocycles. The summed E-state index contributed by atoms with van der Waals surface area (Å²) in [6, 6.07) is 3.87. The molecule has 6 nitrogen and oxygen atoms in total. The zero-order chi connectivity index (χ0) is 13.8. The number of aromatic carboxylic acids is 1. The fourth-order valence-corrected chi connectivity index (χ4v) is 2.13. The highest BCUT2D eigenvalue weighted by molar-refractivity contribution is 6.01. The smallest absolute Gasteiger partial charge is 0.337 e. The molecule has 1 unspecified atom stereocenters. The molecule has 1 aliphatic rings. The van der Waals surface area contributed by atoms with Gasteiger partial charge in [-0.3, -0.25) is 4.79 Å². The Morgan fingerprint density at radius 3 is 2.79 bits per heavy atom. The number of rotatable bonds is 3. The van der Waals surface area contributed by atoms with E-state index in [2.05, 4.69) is 10.6 Å². The van der Waals surface area contributed by atoms with Crippen LogP contribution >= 0.6 is 0 Å². The second kappa shape index (κ2) is 5.71. The summed E-state index contributed by atoms with van der Waals surface area (Å²) in [5, 5.41) is 24.1. The number of carbonyl (C=O) groups excluding carboxylic acids is 1. The van der Waals surface area contributed by atoms with E-state index in [0.717, 1.165) is 25.5 Å². The predicted molar refractivity (Wildman–Crippen MR) is 69.3 cm³/mol. The summed E-state index contributed by atoms with van der Waals surface area (Å²) >= 11 is 0. The van der Waals surface area contributed by atoms with Crippen LogP contribution in [0.1, 0.15) is 23.2 Å². The largest absolute Gasteiger partial charge is 0.508 e. The lowest BCUT2D eigenvalue weighted by atomic mass is 9.98. The second-order valence-corrected chi connectivity index (χ2v) is 4.57. The summed E-state index contributed by atoms with van der Waals surface area (Å²) < 4.78 is 0. The van der Waals surface area contributed by atoms with E-state index >= 15 is 0 Å². The van der Waals surface area contributed by atoms with Gasteiger partial charge in [0.2, 0.25) is 5.91 Å². The molecule has 1 aromatic rings. The summed E-state index contributed by atoms with van der Waals surface area (Å²) in [5.74, 6) is -1.67. The fourth-order valence-electron chi connectivity index (χ4n) is 2.13. The minimum atomic E-state index is -1.19. The molecule has 1 aromatic carbocycles. The van der Waals surface area contributed by atoms with Gasteiger partial charge in [-0.1, -0.05) is 0 Å². The van der Waals surface area contributed by atoms with Gasteiger partial charge in [-0.2, -0.15) is 0 Å². The Morgan fingerprint density at radius 1 is 1.37 bits per heavy atom. The van der Waals surface area contributed by atoms with Crippen LogP contribution in [0.2, 0.25) is 0 Å². The maximum atomic E-state index is 12.0. The Bertz CT molecular complexity index is 495. The van der Waals surface area contributed by atoms with E-state index in [4.69, 9.17) is 5.11 Å². The van der Waals surface area contributed by atoms with Crippen LogP contribution in [-0.4, -0.2) is 35.2 Å². The monoisotopic (exact) mass is 264 g/mol. The number of aromatic hydroxyl groups is 1. The number of hydrogen-bond donors (Lipinski definition) is 4. The number of carboxylic acid groups (broad SMARTS) is 1. The van der Waals surface area contributed by atoms with Crippen LogP contribution in [0.15, 0.2) is 18.2 Å². The van der Waals surface area contributed by atoms with Gasteiger partial charge in [0.15, 0.2) is 0 Å². The number of piperidine rings is 1. The summed E-state index contributed by atoms with van der Waals surface area (Å²) in [5.41, 5.74) is 0.0954. The van der Waals surface area contributed by atoms with Crippen LogP contribution in [0.25, 0.3) is 0 Å². The first-order chi connectivity index (χ1) is 9.08. The van der Waals surface area contributed by atoms with Crippen molar-refractivity contribution >= 4 is 17.6 Å². The van der Waals surface area contributed by atoms with Gasteiger partial charge < -0.3 is 20.8 Å². The van der Waals surface area contributed by atoms with Gasteiger partial charge in [0, 0.05) is 6.54 Å². The van der Waals surface area contributed by atoms with Gasteiger partial charge in [0.25, 0.3) is 0 Å². The molecule has 1 saturated heterocycles. The van der Waals surface area contributed by atoms with Crippen LogP contribution in [0, 0.1) is 5.92 Å². The van der Waals surface area contributed by atoms with Crippen molar-refractivity contribution in [1.29, 1.82) is 0 Å². The lowest BCUT2D eigenvalue weighted by Gasteiger charge is -2.22. The number of phenolic OH excluding ortho intramolecular Hbond substituents is 1. The second-order valence-electron chi connectivity index (χ2n) is 4.57. The predicted octanol–water partition coefficient (Wildman–Crippen LogP) is 1.03. The van der Waals surface area contributed by atoms with Gasteiger partial charge in [-0.25, -0.2) is 4.79 Å². The zero-order valence-electron chi connectivity index (χ0n) is 10.3. The maximum absolute atomic E-state index is 12.0. The van der Waals surface area contributed by atoms with Crippen LogP contribution in [0.3, 0.4) is 0 Å².